The van der Waals surface area contributed by atoms with Gasteiger partial charge in [-0.2, -0.15) is 8.42 Å². The molecule has 2 aromatic rings. The number of aryl methyl sites for hydroxylation is 2. The number of hydrogen-bond donors (Lipinski definition) is 2. The smallest absolute Gasteiger partial charge is 0.275 e. The lowest BCUT2D eigenvalue weighted by atomic mass is 10.4. The second-order valence-corrected chi connectivity index (χ2v) is 5.83. The average molecular weight is 307 g/mol. The van der Waals surface area contributed by atoms with Crippen LogP contribution >= 0.6 is 0 Å². The molecular weight excluding hydrogens is 294 g/mol. The Morgan fingerprint density at radius 1 is 1.14 bits per heavy atom. The summed E-state index contributed by atoms with van der Waals surface area (Å²) in [6.07, 6.45) is 1.32. The third-order valence-corrected chi connectivity index (χ3v) is 3.59. The Bertz CT molecular complexity index is 741. The molecule has 110 valence electrons. The molecule has 2 amide bonds. The summed E-state index contributed by atoms with van der Waals surface area (Å²) < 4.78 is 25.6. The number of rotatable bonds is 3. The van der Waals surface area contributed by atoms with E-state index in [0.29, 0.717) is 11.4 Å². The molecule has 0 aliphatic heterocycles. The third-order valence-electron chi connectivity index (χ3n) is 2.35. The standard InChI is InChI=1S/C12H13N5O3S/c1-8-7-9(2)15-11(14-8)16-12(18)17-21(19,20)10-5-3-4-6-13-10/h3-7H,1-2H3,(H2,14,15,16,17,18). The molecule has 0 radical (unpaired) electrons. The lowest BCUT2D eigenvalue weighted by Crippen LogP contribution is -2.35. The van der Waals surface area contributed by atoms with Crippen LogP contribution in [0.4, 0.5) is 10.7 Å². The molecule has 2 heterocycles. The first-order chi connectivity index (χ1) is 9.87. The van der Waals surface area contributed by atoms with Crippen LogP contribution in [0.5, 0.6) is 0 Å². The van der Waals surface area contributed by atoms with Gasteiger partial charge in [0.05, 0.1) is 0 Å². The summed E-state index contributed by atoms with van der Waals surface area (Å²) in [6, 6.07) is 5.14. The lowest BCUT2D eigenvalue weighted by Gasteiger charge is -2.07. The van der Waals surface area contributed by atoms with Crippen molar-refractivity contribution in [3.8, 4) is 0 Å². The fourth-order valence-corrected chi connectivity index (χ4v) is 2.45. The SMILES string of the molecule is Cc1cc(C)nc(NC(=O)NS(=O)(=O)c2ccccn2)n1. The van der Waals surface area contributed by atoms with Crippen molar-refractivity contribution in [3.63, 3.8) is 0 Å². The number of amides is 2. The Morgan fingerprint density at radius 3 is 2.38 bits per heavy atom. The minimum absolute atomic E-state index is 0.0289. The van der Waals surface area contributed by atoms with E-state index in [1.54, 1.807) is 26.0 Å². The van der Waals surface area contributed by atoms with Gasteiger partial charge in [0.2, 0.25) is 5.95 Å². The fraction of sp³-hybridized carbons (Fsp3) is 0.167. The predicted octanol–water partition coefficient (Wildman–Crippen LogP) is 0.999. The number of nitrogens with zero attached hydrogens (tertiary/aromatic N) is 3. The van der Waals surface area contributed by atoms with Crippen molar-refractivity contribution in [1.29, 1.82) is 0 Å². The molecule has 0 fully saturated rings. The van der Waals surface area contributed by atoms with E-state index in [4.69, 9.17) is 0 Å². The molecule has 2 rings (SSSR count). The second kappa shape index (κ2) is 5.83. The molecule has 0 spiro atoms. The van der Waals surface area contributed by atoms with Crippen LogP contribution in [0.15, 0.2) is 35.5 Å². The van der Waals surface area contributed by atoms with Crippen LogP contribution in [-0.4, -0.2) is 29.4 Å². The molecule has 0 aliphatic carbocycles. The Morgan fingerprint density at radius 2 is 1.81 bits per heavy atom. The van der Waals surface area contributed by atoms with Crippen molar-refractivity contribution in [2.24, 2.45) is 0 Å². The minimum atomic E-state index is -4.03. The molecule has 21 heavy (non-hydrogen) atoms. The van der Waals surface area contributed by atoms with E-state index < -0.39 is 16.1 Å². The molecular formula is C12H13N5O3S. The summed E-state index contributed by atoms with van der Waals surface area (Å²) in [5.74, 6) is 0.0289. The van der Waals surface area contributed by atoms with Crippen LogP contribution in [0.2, 0.25) is 0 Å². The third kappa shape index (κ3) is 3.96. The summed E-state index contributed by atoms with van der Waals surface area (Å²) in [4.78, 5) is 23.4. The van der Waals surface area contributed by atoms with Gasteiger partial charge in [0.15, 0.2) is 5.03 Å². The van der Waals surface area contributed by atoms with Gasteiger partial charge in [0.25, 0.3) is 10.0 Å². The maximum atomic E-state index is 11.9. The molecule has 2 N–H and O–H groups in total. The molecule has 9 heteroatoms. The first kappa shape index (κ1) is 14.9. The van der Waals surface area contributed by atoms with Crippen LogP contribution in [-0.2, 0) is 10.0 Å². The highest BCUT2D eigenvalue weighted by molar-refractivity contribution is 7.90. The molecule has 0 saturated heterocycles. The number of urea groups is 1. The van der Waals surface area contributed by atoms with Gasteiger partial charge < -0.3 is 0 Å². The zero-order valence-corrected chi connectivity index (χ0v) is 12.2. The van der Waals surface area contributed by atoms with Crippen molar-refractivity contribution in [2.75, 3.05) is 5.32 Å². The Hall–Kier alpha value is -2.55. The van der Waals surface area contributed by atoms with E-state index in [9.17, 15) is 13.2 Å². The first-order valence-corrected chi connectivity index (χ1v) is 7.42. The van der Waals surface area contributed by atoms with E-state index >= 15 is 0 Å². The monoisotopic (exact) mass is 307 g/mol. The molecule has 0 saturated carbocycles. The van der Waals surface area contributed by atoms with Gasteiger partial charge in [-0.25, -0.2) is 24.5 Å². The summed E-state index contributed by atoms with van der Waals surface area (Å²) >= 11 is 0. The number of sulfonamides is 1. The summed E-state index contributed by atoms with van der Waals surface area (Å²) in [6.45, 7) is 3.48. The number of nitrogens with one attached hydrogen (secondary N) is 2. The zero-order valence-electron chi connectivity index (χ0n) is 11.4. The van der Waals surface area contributed by atoms with Crippen molar-refractivity contribution < 1.29 is 13.2 Å². The molecule has 8 nitrogen and oxygen atoms in total. The van der Waals surface area contributed by atoms with Crippen molar-refractivity contribution in [3.05, 3.63) is 41.9 Å². The predicted molar refractivity (Wildman–Crippen MR) is 75.1 cm³/mol. The number of aromatic nitrogens is 3. The van der Waals surface area contributed by atoms with Gasteiger partial charge in [-0.15, -0.1) is 0 Å². The van der Waals surface area contributed by atoms with E-state index in [0.717, 1.165) is 0 Å². The molecule has 0 aromatic carbocycles. The quantitative estimate of drug-likeness (QED) is 0.874. The maximum absolute atomic E-state index is 11.9. The van der Waals surface area contributed by atoms with Crippen LogP contribution < -0.4 is 10.0 Å². The lowest BCUT2D eigenvalue weighted by molar-refractivity contribution is 0.256. The summed E-state index contributed by atoms with van der Waals surface area (Å²) in [5.41, 5.74) is 1.32. The van der Waals surface area contributed by atoms with Crippen molar-refractivity contribution in [1.82, 2.24) is 19.7 Å². The average Bonchev–Trinajstić information content (AvgIpc) is 2.37. The molecule has 0 aliphatic rings. The fourth-order valence-electron chi connectivity index (χ4n) is 1.59. The zero-order chi connectivity index (χ0) is 15.5. The van der Waals surface area contributed by atoms with Gasteiger partial charge in [-0.3, -0.25) is 5.32 Å². The number of hydrogen-bond acceptors (Lipinski definition) is 6. The largest absolute Gasteiger partial charge is 0.335 e. The van der Waals surface area contributed by atoms with Gasteiger partial charge in [0, 0.05) is 17.6 Å². The van der Waals surface area contributed by atoms with Crippen molar-refractivity contribution in [2.45, 2.75) is 18.9 Å². The van der Waals surface area contributed by atoms with E-state index in [1.165, 1.54) is 18.3 Å². The number of anilines is 1. The van der Waals surface area contributed by atoms with Gasteiger partial charge in [-0.05, 0) is 32.0 Å². The van der Waals surface area contributed by atoms with Crippen LogP contribution in [0.1, 0.15) is 11.4 Å². The Kier molecular flexibility index (Phi) is 4.13. The minimum Gasteiger partial charge on any atom is -0.275 e. The highest BCUT2D eigenvalue weighted by Crippen LogP contribution is 2.05. The summed E-state index contributed by atoms with van der Waals surface area (Å²) in [5, 5.41) is 2.02. The van der Waals surface area contributed by atoms with E-state index in [2.05, 4.69) is 20.3 Å². The van der Waals surface area contributed by atoms with Gasteiger partial charge in [-0.1, -0.05) is 6.07 Å². The Labute approximate surface area is 121 Å². The van der Waals surface area contributed by atoms with Crippen molar-refractivity contribution >= 4 is 22.0 Å². The van der Waals surface area contributed by atoms with Crippen LogP contribution in [0.3, 0.4) is 0 Å². The molecule has 0 atom stereocenters. The maximum Gasteiger partial charge on any atom is 0.335 e. The highest BCUT2D eigenvalue weighted by atomic mass is 32.2. The molecule has 2 aromatic heterocycles. The van der Waals surface area contributed by atoms with Gasteiger partial charge >= 0.3 is 6.03 Å². The second-order valence-electron chi connectivity index (χ2n) is 4.20. The number of carbonyl (C=O) groups excluding carboxylic acids is 1. The Balaban J connectivity index is 2.11. The van der Waals surface area contributed by atoms with E-state index in [-0.39, 0.29) is 11.0 Å². The normalized spacial score (nSPS) is 11.0. The van der Waals surface area contributed by atoms with Crippen LogP contribution in [0.25, 0.3) is 0 Å². The highest BCUT2D eigenvalue weighted by Gasteiger charge is 2.19. The number of carbonyl (C=O) groups is 1. The molecule has 0 bridgehead atoms. The topological polar surface area (TPSA) is 114 Å². The molecule has 0 unspecified atom stereocenters. The first-order valence-electron chi connectivity index (χ1n) is 5.94. The van der Waals surface area contributed by atoms with E-state index in [1.807, 2.05) is 4.72 Å². The number of pyridine rings is 1. The van der Waals surface area contributed by atoms with Gasteiger partial charge in [0.1, 0.15) is 0 Å². The summed E-state index contributed by atoms with van der Waals surface area (Å²) in [7, 11) is -4.03. The van der Waals surface area contributed by atoms with Crippen LogP contribution in [0, 0.1) is 13.8 Å².